The van der Waals surface area contributed by atoms with Crippen LogP contribution in [0, 0.1) is 0 Å². The van der Waals surface area contributed by atoms with Gasteiger partial charge < -0.3 is 20.8 Å². The lowest BCUT2D eigenvalue weighted by atomic mass is 10.3. The van der Waals surface area contributed by atoms with Crippen LogP contribution in [0.2, 0.25) is 0 Å². The van der Waals surface area contributed by atoms with Gasteiger partial charge in [0.15, 0.2) is 0 Å². The quantitative estimate of drug-likeness (QED) is 0.542. The normalized spacial score (nSPS) is 11.7. The van der Waals surface area contributed by atoms with Crippen LogP contribution in [0.3, 0.4) is 0 Å². The first-order valence-electron chi connectivity index (χ1n) is 8.34. The number of aromatic nitrogens is 3. The molecule has 0 aliphatic carbocycles. The molecule has 2 heterocycles. The summed E-state index contributed by atoms with van der Waals surface area (Å²) in [4.78, 5) is 24.7. The summed E-state index contributed by atoms with van der Waals surface area (Å²) in [6.45, 7) is 2.29. The Hall–Kier alpha value is -3.07. The minimum atomic E-state index is -0.124. The van der Waals surface area contributed by atoms with Crippen molar-refractivity contribution in [3.63, 3.8) is 0 Å². The van der Waals surface area contributed by atoms with Gasteiger partial charge in [0.05, 0.1) is 23.8 Å². The minimum Gasteiger partial charge on any atom is -0.467 e. The van der Waals surface area contributed by atoms with Gasteiger partial charge in [-0.1, -0.05) is 18.2 Å². The molecule has 0 saturated carbocycles. The van der Waals surface area contributed by atoms with E-state index in [0.717, 1.165) is 5.69 Å². The summed E-state index contributed by atoms with van der Waals surface area (Å²) in [5, 5.41) is 5.78. The van der Waals surface area contributed by atoms with Crippen molar-refractivity contribution in [3.8, 4) is 0 Å². The van der Waals surface area contributed by atoms with Gasteiger partial charge in [0, 0.05) is 5.69 Å². The predicted molar refractivity (Wildman–Crippen MR) is 105 cm³/mol. The van der Waals surface area contributed by atoms with E-state index in [1.807, 2.05) is 43.3 Å². The van der Waals surface area contributed by atoms with Crippen LogP contribution in [0.4, 0.5) is 17.6 Å². The summed E-state index contributed by atoms with van der Waals surface area (Å²) in [6, 6.07) is 13.1. The fourth-order valence-electron chi connectivity index (χ4n) is 2.22. The molecule has 1 aromatic carbocycles. The first-order chi connectivity index (χ1) is 13.1. The average molecular weight is 384 g/mol. The van der Waals surface area contributed by atoms with Crippen LogP contribution in [0.15, 0.2) is 53.1 Å². The van der Waals surface area contributed by atoms with Crippen molar-refractivity contribution in [2.75, 3.05) is 16.8 Å². The molecule has 1 amide bonds. The molecule has 0 saturated heterocycles. The van der Waals surface area contributed by atoms with Crippen LogP contribution in [-0.4, -0.2) is 26.6 Å². The number of nitrogens with one attached hydrogen (secondary N) is 2. The number of furan rings is 1. The lowest BCUT2D eigenvalue weighted by molar-refractivity contribution is -0.118. The number of anilines is 3. The van der Waals surface area contributed by atoms with Crippen LogP contribution in [0.1, 0.15) is 23.8 Å². The second-order valence-corrected chi connectivity index (χ2v) is 7.00. The maximum Gasteiger partial charge on any atom is 0.232 e. The number of hydrogen-bond acceptors (Lipinski definition) is 8. The van der Waals surface area contributed by atoms with Crippen molar-refractivity contribution < 1.29 is 9.21 Å². The molecule has 0 spiro atoms. The molecule has 1 unspecified atom stereocenters. The number of nitrogen functional groups attached to an aromatic ring is 1. The van der Waals surface area contributed by atoms with Crippen LogP contribution in [0.25, 0.3) is 0 Å². The van der Waals surface area contributed by atoms with Crippen LogP contribution in [0.5, 0.6) is 0 Å². The SMILES string of the molecule is CC(SCC(=O)NCc1ccco1)c1nc(N)nc(Nc2ccccc2)n1. The monoisotopic (exact) mass is 384 g/mol. The topological polar surface area (TPSA) is 119 Å². The number of carbonyl (C=O) groups excluding carboxylic acids is 1. The number of hydrogen-bond donors (Lipinski definition) is 3. The van der Waals surface area contributed by atoms with E-state index in [1.165, 1.54) is 11.8 Å². The van der Waals surface area contributed by atoms with E-state index in [1.54, 1.807) is 12.3 Å². The highest BCUT2D eigenvalue weighted by Gasteiger charge is 2.15. The Morgan fingerprint density at radius 3 is 2.74 bits per heavy atom. The number of para-hydroxylation sites is 1. The predicted octanol–water partition coefficient (Wildman–Crippen LogP) is 2.90. The van der Waals surface area contributed by atoms with Crippen LogP contribution >= 0.6 is 11.8 Å². The highest BCUT2D eigenvalue weighted by Crippen LogP contribution is 2.26. The van der Waals surface area contributed by atoms with E-state index in [4.69, 9.17) is 10.2 Å². The van der Waals surface area contributed by atoms with E-state index < -0.39 is 0 Å². The molecule has 140 valence electrons. The lowest BCUT2D eigenvalue weighted by Gasteiger charge is -2.12. The third kappa shape index (κ3) is 5.71. The first kappa shape index (κ1) is 18.7. The molecule has 8 nitrogen and oxygen atoms in total. The van der Waals surface area contributed by atoms with Gasteiger partial charge >= 0.3 is 0 Å². The van der Waals surface area contributed by atoms with Crippen molar-refractivity contribution in [1.29, 1.82) is 0 Å². The molecule has 4 N–H and O–H groups in total. The summed E-state index contributed by atoms with van der Waals surface area (Å²) in [7, 11) is 0. The zero-order valence-corrected chi connectivity index (χ0v) is 15.6. The number of benzene rings is 1. The zero-order chi connectivity index (χ0) is 19.1. The smallest absolute Gasteiger partial charge is 0.232 e. The highest BCUT2D eigenvalue weighted by atomic mass is 32.2. The molecule has 0 bridgehead atoms. The van der Waals surface area contributed by atoms with Gasteiger partial charge in [0.1, 0.15) is 11.6 Å². The van der Waals surface area contributed by atoms with Crippen molar-refractivity contribution in [2.45, 2.75) is 18.7 Å². The maximum atomic E-state index is 12.0. The molecule has 9 heteroatoms. The third-order valence-corrected chi connectivity index (χ3v) is 4.71. The number of nitrogens with zero attached hydrogens (tertiary/aromatic N) is 3. The Labute approximate surface area is 161 Å². The fourth-order valence-corrected chi connectivity index (χ4v) is 2.98. The number of carbonyl (C=O) groups is 1. The van der Waals surface area contributed by atoms with E-state index in [2.05, 4.69) is 25.6 Å². The summed E-state index contributed by atoms with van der Waals surface area (Å²) >= 11 is 1.42. The second-order valence-electron chi connectivity index (χ2n) is 5.68. The number of nitrogens with two attached hydrogens (primary N) is 1. The molecule has 2 aromatic heterocycles. The number of thioether (sulfide) groups is 1. The fraction of sp³-hybridized carbons (Fsp3) is 0.222. The Morgan fingerprint density at radius 2 is 2.00 bits per heavy atom. The van der Waals surface area contributed by atoms with Crippen molar-refractivity contribution in [3.05, 3.63) is 60.3 Å². The van der Waals surface area contributed by atoms with Gasteiger partial charge in [0.25, 0.3) is 0 Å². The summed E-state index contributed by atoms with van der Waals surface area (Å²) in [5.74, 6) is 1.92. The van der Waals surface area contributed by atoms with E-state index in [-0.39, 0.29) is 22.9 Å². The molecule has 27 heavy (non-hydrogen) atoms. The first-order valence-corrected chi connectivity index (χ1v) is 9.39. The lowest BCUT2D eigenvalue weighted by Crippen LogP contribution is -2.24. The summed E-state index contributed by atoms with van der Waals surface area (Å²) in [6.07, 6.45) is 1.57. The molecule has 1 atom stereocenters. The van der Waals surface area contributed by atoms with Crippen molar-refractivity contribution in [2.24, 2.45) is 0 Å². The van der Waals surface area contributed by atoms with Gasteiger partial charge in [0.2, 0.25) is 17.8 Å². The minimum absolute atomic E-state index is 0.0899. The van der Waals surface area contributed by atoms with Crippen molar-refractivity contribution in [1.82, 2.24) is 20.3 Å². The Morgan fingerprint density at radius 1 is 1.19 bits per heavy atom. The van der Waals surface area contributed by atoms with Gasteiger partial charge in [-0.05, 0) is 31.2 Å². The molecular weight excluding hydrogens is 364 g/mol. The van der Waals surface area contributed by atoms with Gasteiger partial charge in [-0.3, -0.25) is 4.79 Å². The van der Waals surface area contributed by atoms with Gasteiger partial charge in [-0.2, -0.15) is 15.0 Å². The van der Waals surface area contributed by atoms with E-state index in [0.29, 0.717) is 24.1 Å². The molecule has 0 aliphatic rings. The molecule has 0 fully saturated rings. The Balaban J connectivity index is 1.55. The van der Waals surface area contributed by atoms with Gasteiger partial charge in [-0.15, -0.1) is 11.8 Å². The third-order valence-electron chi connectivity index (χ3n) is 3.57. The molecule has 0 aliphatic heterocycles. The second kappa shape index (κ2) is 9.04. The van der Waals surface area contributed by atoms with E-state index in [9.17, 15) is 4.79 Å². The average Bonchev–Trinajstić information content (AvgIpc) is 3.18. The Kier molecular flexibility index (Phi) is 6.26. The Bertz CT molecular complexity index is 873. The van der Waals surface area contributed by atoms with Crippen molar-refractivity contribution >= 4 is 35.3 Å². The molecular formula is C18H20N6O2S. The maximum absolute atomic E-state index is 12.0. The number of amides is 1. The summed E-state index contributed by atoms with van der Waals surface area (Å²) < 4.78 is 5.18. The zero-order valence-electron chi connectivity index (χ0n) is 14.8. The molecule has 3 aromatic rings. The molecule has 3 rings (SSSR count). The van der Waals surface area contributed by atoms with E-state index >= 15 is 0 Å². The van der Waals surface area contributed by atoms with Crippen LogP contribution in [-0.2, 0) is 11.3 Å². The highest BCUT2D eigenvalue weighted by molar-refractivity contribution is 8.00. The standard InChI is InChI=1S/C18H20N6O2S/c1-12(27-11-15(25)20-10-14-8-5-9-26-14)16-22-17(19)24-18(23-16)21-13-6-3-2-4-7-13/h2-9,12H,10-11H2,1H3,(H,20,25)(H3,19,21,22,23,24). The number of rotatable bonds is 8. The van der Waals surface area contributed by atoms with Crippen LogP contribution < -0.4 is 16.4 Å². The summed E-state index contributed by atoms with van der Waals surface area (Å²) in [5.41, 5.74) is 6.66. The largest absolute Gasteiger partial charge is 0.467 e. The van der Waals surface area contributed by atoms with Gasteiger partial charge in [-0.25, -0.2) is 0 Å². The molecule has 0 radical (unpaired) electrons.